The second-order valence-corrected chi connectivity index (χ2v) is 6.76. The van der Waals surface area contributed by atoms with E-state index in [0.29, 0.717) is 11.4 Å². The lowest BCUT2D eigenvalue weighted by molar-refractivity contribution is -0.113. The van der Waals surface area contributed by atoms with Gasteiger partial charge in [-0.1, -0.05) is 23.9 Å². The van der Waals surface area contributed by atoms with Gasteiger partial charge in [-0.05, 0) is 31.9 Å². The fourth-order valence-corrected chi connectivity index (χ4v) is 3.53. The molecule has 1 aliphatic heterocycles. The third kappa shape index (κ3) is 4.52. The minimum atomic E-state index is -0.112. The lowest BCUT2D eigenvalue weighted by atomic mass is 10.2. The third-order valence-electron chi connectivity index (χ3n) is 4.03. The second kappa shape index (κ2) is 8.35. The van der Waals surface area contributed by atoms with Crippen molar-refractivity contribution in [3.63, 3.8) is 0 Å². The van der Waals surface area contributed by atoms with Crippen LogP contribution in [0.2, 0.25) is 0 Å². The molecular formula is C17H22N4O3S. The Morgan fingerprint density at radius 2 is 2.28 bits per heavy atom. The standard InChI is InChI=1S/C17H22N4O3S/c1-12-19-20-17(21(12)10-13-6-5-9-24-13)25-11-16(22)18-14-7-3-4-8-15(14)23-2/h3-4,7-8,13H,5-6,9-11H2,1-2H3,(H,18,22)/t13-/m0/s1. The number of thioether (sulfide) groups is 1. The largest absolute Gasteiger partial charge is 0.495 e. The normalized spacial score (nSPS) is 16.8. The average molecular weight is 362 g/mol. The first-order chi connectivity index (χ1) is 12.2. The molecule has 2 heterocycles. The summed E-state index contributed by atoms with van der Waals surface area (Å²) in [6.45, 7) is 3.46. The SMILES string of the molecule is COc1ccccc1NC(=O)CSc1nnc(C)n1C[C@@H]1CCCO1. The highest BCUT2D eigenvalue weighted by Gasteiger charge is 2.20. The van der Waals surface area contributed by atoms with E-state index in [9.17, 15) is 4.79 Å². The van der Waals surface area contributed by atoms with Crippen LogP contribution in [-0.4, -0.2) is 46.2 Å². The summed E-state index contributed by atoms with van der Waals surface area (Å²) in [4.78, 5) is 12.2. The Hall–Kier alpha value is -2.06. The van der Waals surface area contributed by atoms with E-state index in [0.717, 1.165) is 37.0 Å². The summed E-state index contributed by atoms with van der Waals surface area (Å²) in [7, 11) is 1.58. The molecule has 1 aromatic carbocycles. The number of carbonyl (C=O) groups is 1. The number of nitrogens with zero attached hydrogens (tertiary/aromatic N) is 3. The molecule has 1 fully saturated rings. The highest BCUT2D eigenvalue weighted by atomic mass is 32.2. The number of para-hydroxylation sites is 2. The molecule has 0 unspecified atom stereocenters. The zero-order chi connectivity index (χ0) is 17.6. The van der Waals surface area contributed by atoms with E-state index in [1.165, 1.54) is 11.8 Å². The quantitative estimate of drug-likeness (QED) is 0.763. The van der Waals surface area contributed by atoms with E-state index in [1.54, 1.807) is 7.11 Å². The number of hydrogen-bond acceptors (Lipinski definition) is 6. The zero-order valence-electron chi connectivity index (χ0n) is 14.4. The zero-order valence-corrected chi connectivity index (χ0v) is 15.2. The maximum atomic E-state index is 12.2. The van der Waals surface area contributed by atoms with E-state index < -0.39 is 0 Å². The number of methoxy groups -OCH3 is 1. The first-order valence-electron chi connectivity index (χ1n) is 8.24. The first-order valence-corrected chi connectivity index (χ1v) is 9.23. The van der Waals surface area contributed by atoms with Crippen molar-refractivity contribution in [3.05, 3.63) is 30.1 Å². The molecule has 0 aliphatic carbocycles. The molecule has 7 nitrogen and oxygen atoms in total. The van der Waals surface area contributed by atoms with Crippen molar-refractivity contribution in [1.82, 2.24) is 14.8 Å². The number of amides is 1. The summed E-state index contributed by atoms with van der Waals surface area (Å²) in [6, 6.07) is 7.34. The Balaban J connectivity index is 1.58. The molecule has 8 heteroatoms. The van der Waals surface area contributed by atoms with Gasteiger partial charge in [0.25, 0.3) is 0 Å². The van der Waals surface area contributed by atoms with Crippen LogP contribution in [0.25, 0.3) is 0 Å². The molecule has 25 heavy (non-hydrogen) atoms. The lowest BCUT2D eigenvalue weighted by Gasteiger charge is -2.13. The van der Waals surface area contributed by atoms with Gasteiger partial charge in [0.15, 0.2) is 5.16 Å². The van der Waals surface area contributed by atoms with Crippen molar-refractivity contribution in [3.8, 4) is 5.75 Å². The van der Waals surface area contributed by atoms with Crippen LogP contribution in [0.5, 0.6) is 5.75 Å². The van der Waals surface area contributed by atoms with Crippen LogP contribution in [0, 0.1) is 6.92 Å². The Labute approximate surface area is 151 Å². The van der Waals surface area contributed by atoms with Crippen LogP contribution in [0.4, 0.5) is 5.69 Å². The number of ether oxygens (including phenoxy) is 2. The topological polar surface area (TPSA) is 78.3 Å². The molecular weight excluding hydrogens is 340 g/mol. The maximum Gasteiger partial charge on any atom is 0.234 e. The van der Waals surface area contributed by atoms with E-state index in [2.05, 4.69) is 15.5 Å². The molecule has 3 rings (SSSR count). The molecule has 1 amide bonds. The van der Waals surface area contributed by atoms with Gasteiger partial charge in [0.2, 0.25) is 5.91 Å². The van der Waals surface area contributed by atoms with Gasteiger partial charge in [0, 0.05) is 6.61 Å². The van der Waals surface area contributed by atoms with Gasteiger partial charge in [0.05, 0.1) is 31.2 Å². The first kappa shape index (κ1) is 17.8. The van der Waals surface area contributed by atoms with Gasteiger partial charge >= 0.3 is 0 Å². The summed E-state index contributed by atoms with van der Waals surface area (Å²) in [6.07, 6.45) is 2.35. The van der Waals surface area contributed by atoms with Crippen molar-refractivity contribution >= 4 is 23.4 Å². The number of anilines is 1. The second-order valence-electron chi connectivity index (χ2n) is 5.81. The summed E-state index contributed by atoms with van der Waals surface area (Å²) in [5.41, 5.74) is 0.660. The van der Waals surface area contributed by atoms with Crippen LogP contribution in [-0.2, 0) is 16.1 Å². The van der Waals surface area contributed by atoms with Gasteiger partial charge < -0.3 is 19.4 Å². The van der Waals surface area contributed by atoms with Crippen LogP contribution in [0.15, 0.2) is 29.4 Å². The number of nitrogens with one attached hydrogen (secondary N) is 1. The van der Waals surface area contributed by atoms with Crippen molar-refractivity contribution in [2.75, 3.05) is 24.8 Å². The van der Waals surface area contributed by atoms with Crippen molar-refractivity contribution in [1.29, 1.82) is 0 Å². The third-order valence-corrected chi connectivity index (χ3v) is 4.99. The van der Waals surface area contributed by atoms with Crippen LogP contribution >= 0.6 is 11.8 Å². The monoisotopic (exact) mass is 362 g/mol. The highest BCUT2D eigenvalue weighted by Crippen LogP contribution is 2.24. The molecule has 0 radical (unpaired) electrons. The van der Waals surface area contributed by atoms with Gasteiger partial charge in [-0.2, -0.15) is 0 Å². The predicted octanol–water partition coefficient (Wildman–Crippen LogP) is 2.50. The minimum Gasteiger partial charge on any atom is -0.495 e. The molecule has 1 atom stereocenters. The molecule has 2 aromatic rings. The Bertz CT molecular complexity index is 728. The summed E-state index contributed by atoms with van der Waals surface area (Å²) >= 11 is 1.37. The maximum absolute atomic E-state index is 12.2. The van der Waals surface area contributed by atoms with Gasteiger partial charge in [-0.15, -0.1) is 10.2 Å². The number of carbonyl (C=O) groups excluding carboxylic acids is 1. The molecule has 1 saturated heterocycles. The highest BCUT2D eigenvalue weighted by molar-refractivity contribution is 7.99. The fourth-order valence-electron chi connectivity index (χ4n) is 2.73. The molecule has 0 bridgehead atoms. The Kier molecular flexibility index (Phi) is 5.93. The van der Waals surface area contributed by atoms with Crippen molar-refractivity contribution < 1.29 is 14.3 Å². The summed E-state index contributed by atoms with van der Waals surface area (Å²) in [5.74, 6) is 1.61. The number of hydrogen-bond donors (Lipinski definition) is 1. The van der Waals surface area contributed by atoms with E-state index in [4.69, 9.17) is 9.47 Å². The molecule has 134 valence electrons. The van der Waals surface area contributed by atoms with Gasteiger partial charge in [-0.3, -0.25) is 4.79 Å². The number of aromatic nitrogens is 3. The smallest absolute Gasteiger partial charge is 0.234 e. The predicted molar refractivity (Wildman–Crippen MR) is 96.1 cm³/mol. The molecule has 1 aliphatic rings. The van der Waals surface area contributed by atoms with Gasteiger partial charge in [-0.25, -0.2) is 0 Å². The van der Waals surface area contributed by atoms with E-state index >= 15 is 0 Å². The lowest BCUT2D eigenvalue weighted by Crippen LogP contribution is -2.18. The molecule has 0 spiro atoms. The molecule has 1 N–H and O–H groups in total. The van der Waals surface area contributed by atoms with Crippen LogP contribution in [0.3, 0.4) is 0 Å². The number of benzene rings is 1. The number of aryl methyl sites for hydroxylation is 1. The summed E-state index contributed by atoms with van der Waals surface area (Å²) < 4.78 is 13.0. The van der Waals surface area contributed by atoms with Crippen molar-refractivity contribution in [2.45, 2.75) is 37.6 Å². The Morgan fingerprint density at radius 3 is 3.04 bits per heavy atom. The van der Waals surface area contributed by atoms with Crippen molar-refractivity contribution in [2.24, 2.45) is 0 Å². The average Bonchev–Trinajstić information content (AvgIpc) is 3.25. The van der Waals surface area contributed by atoms with Gasteiger partial charge in [0.1, 0.15) is 11.6 Å². The van der Waals surface area contributed by atoms with E-state index in [-0.39, 0.29) is 17.8 Å². The fraction of sp³-hybridized carbons (Fsp3) is 0.471. The van der Waals surface area contributed by atoms with Crippen LogP contribution < -0.4 is 10.1 Å². The Morgan fingerprint density at radius 1 is 1.44 bits per heavy atom. The number of rotatable bonds is 7. The molecule has 0 saturated carbocycles. The minimum absolute atomic E-state index is 0.112. The summed E-state index contributed by atoms with van der Waals surface area (Å²) in [5, 5.41) is 11.9. The van der Waals surface area contributed by atoms with Crippen LogP contribution in [0.1, 0.15) is 18.7 Å². The molecule has 1 aromatic heterocycles. The van der Waals surface area contributed by atoms with E-state index in [1.807, 2.05) is 35.8 Å².